The van der Waals surface area contributed by atoms with E-state index in [0.29, 0.717) is 0 Å². The normalized spacial score (nSPS) is 23.8. The molecule has 0 atom stereocenters. The van der Waals surface area contributed by atoms with Crippen molar-refractivity contribution in [2.24, 2.45) is 11.3 Å². The van der Waals surface area contributed by atoms with Gasteiger partial charge in [-0.1, -0.05) is 53.9 Å². The summed E-state index contributed by atoms with van der Waals surface area (Å²) in [6, 6.07) is 0. The third-order valence-corrected chi connectivity index (χ3v) is 3.75. The van der Waals surface area contributed by atoms with Crippen molar-refractivity contribution in [1.82, 2.24) is 0 Å². The number of hydrogen-bond acceptors (Lipinski definition) is 0. The second-order valence-corrected chi connectivity index (χ2v) is 4.54. The Bertz CT molecular complexity index is 112. The summed E-state index contributed by atoms with van der Waals surface area (Å²) >= 11 is 0. The van der Waals surface area contributed by atoms with Crippen LogP contribution in [0.1, 0.15) is 79.6 Å². The van der Waals surface area contributed by atoms with Gasteiger partial charge in [0, 0.05) is 0 Å². The van der Waals surface area contributed by atoms with Gasteiger partial charge in [-0.25, -0.2) is 0 Å². The molecule has 0 aromatic rings. The van der Waals surface area contributed by atoms with E-state index in [2.05, 4.69) is 6.92 Å². The highest BCUT2D eigenvalue weighted by Gasteiger charge is 2.38. The molecule has 2 fully saturated rings. The first kappa shape index (κ1) is 14.0. The SMILES string of the molecule is CC.CC.CC1CCC2(CCC2)CC1. The van der Waals surface area contributed by atoms with Crippen LogP contribution in [0.2, 0.25) is 0 Å². The highest BCUT2D eigenvalue weighted by Crippen LogP contribution is 2.52. The van der Waals surface area contributed by atoms with Gasteiger partial charge in [0.05, 0.1) is 0 Å². The van der Waals surface area contributed by atoms with Crippen molar-refractivity contribution in [1.29, 1.82) is 0 Å². The van der Waals surface area contributed by atoms with Gasteiger partial charge in [0.1, 0.15) is 0 Å². The summed E-state index contributed by atoms with van der Waals surface area (Å²) in [5.41, 5.74) is 0.881. The molecule has 0 radical (unpaired) electrons. The van der Waals surface area contributed by atoms with Crippen molar-refractivity contribution < 1.29 is 0 Å². The molecule has 2 rings (SSSR count). The Morgan fingerprint density at radius 3 is 1.50 bits per heavy atom. The Labute approximate surface area is 91.5 Å². The monoisotopic (exact) mass is 198 g/mol. The molecule has 2 saturated carbocycles. The minimum atomic E-state index is 0.881. The minimum absolute atomic E-state index is 0.881. The molecule has 0 aromatic carbocycles. The topological polar surface area (TPSA) is 0 Å². The van der Waals surface area contributed by atoms with E-state index in [4.69, 9.17) is 0 Å². The largest absolute Gasteiger partial charge is 0.0683 e. The Morgan fingerprint density at radius 1 is 0.786 bits per heavy atom. The second kappa shape index (κ2) is 7.31. The van der Waals surface area contributed by atoms with Gasteiger partial charge in [-0.15, -0.1) is 0 Å². The van der Waals surface area contributed by atoms with Crippen LogP contribution >= 0.6 is 0 Å². The molecule has 86 valence electrons. The third kappa shape index (κ3) is 3.63. The van der Waals surface area contributed by atoms with Gasteiger partial charge in [0.15, 0.2) is 0 Å². The predicted octanol–water partition coefficient (Wildman–Crippen LogP) is 5.42. The molecular weight excluding hydrogens is 168 g/mol. The molecule has 0 heteroatoms. The fraction of sp³-hybridized carbons (Fsp3) is 1.00. The third-order valence-electron chi connectivity index (χ3n) is 3.75. The first-order valence-electron chi connectivity index (χ1n) is 6.81. The lowest BCUT2D eigenvalue weighted by molar-refractivity contribution is 0.0592. The van der Waals surface area contributed by atoms with E-state index in [1.807, 2.05) is 27.7 Å². The average molecular weight is 198 g/mol. The lowest BCUT2D eigenvalue weighted by Gasteiger charge is -2.46. The lowest BCUT2D eigenvalue weighted by atomic mass is 9.59. The van der Waals surface area contributed by atoms with Crippen molar-refractivity contribution in [3.05, 3.63) is 0 Å². The van der Waals surface area contributed by atoms with Crippen LogP contribution in [0.15, 0.2) is 0 Å². The molecule has 0 nitrogen and oxygen atoms in total. The minimum Gasteiger partial charge on any atom is -0.0683 e. The molecule has 1 spiro atoms. The standard InChI is InChI=1S/C10H18.2C2H6/c1-9-3-7-10(8-4-9)5-2-6-10;2*1-2/h9H,2-8H2,1H3;2*1-2H3. The van der Waals surface area contributed by atoms with E-state index in [1.165, 1.54) is 19.3 Å². The van der Waals surface area contributed by atoms with E-state index in [0.717, 1.165) is 11.3 Å². The predicted molar refractivity (Wildman–Crippen MR) is 66.6 cm³/mol. The highest BCUT2D eigenvalue weighted by molar-refractivity contribution is 4.90. The lowest BCUT2D eigenvalue weighted by Crippen LogP contribution is -2.33. The summed E-state index contributed by atoms with van der Waals surface area (Å²) in [6.45, 7) is 10.4. The van der Waals surface area contributed by atoms with Gasteiger partial charge in [0.25, 0.3) is 0 Å². The van der Waals surface area contributed by atoms with Crippen LogP contribution in [0, 0.1) is 11.3 Å². The maximum atomic E-state index is 2.41. The van der Waals surface area contributed by atoms with Gasteiger partial charge in [-0.3, -0.25) is 0 Å². The maximum Gasteiger partial charge on any atom is -0.0297 e. The maximum absolute atomic E-state index is 2.41. The van der Waals surface area contributed by atoms with Gasteiger partial charge in [-0.05, 0) is 37.0 Å². The quantitative estimate of drug-likeness (QED) is 0.487. The number of hydrogen-bond donors (Lipinski definition) is 0. The molecule has 0 aliphatic heterocycles. The molecule has 0 heterocycles. The van der Waals surface area contributed by atoms with Crippen molar-refractivity contribution in [3.8, 4) is 0 Å². The van der Waals surface area contributed by atoms with Crippen LogP contribution in [0.4, 0.5) is 0 Å². The zero-order valence-electron chi connectivity index (χ0n) is 11.0. The Kier molecular flexibility index (Phi) is 7.31. The Morgan fingerprint density at radius 2 is 1.21 bits per heavy atom. The first-order valence-corrected chi connectivity index (χ1v) is 6.81. The van der Waals surface area contributed by atoms with Crippen molar-refractivity contribution in [3.63, 3.8) is 0 Å². The first-order chi connectivity index (χ1) is 6.81. The van der Waals surface area contributed by atoms with Crippen LogP contribution < -0.4 is 0 Å². The molecule has 14 heavy (non-hydrogen) atoms. The molecule has 0 amide bonds. The molecule has 0 bridgehead atoms. The van der Waals surface area contributed by atoms with E-state index < -0.39 is 0 Å². The fourth-order valence-electron chi connectivity index (χ4n) is 2.55. The van der Waals surface area contributed by atoms with E-state index in [-0.39, 0.29) is 0 Å². The van der Waals surface area contributed by atoms with Gasteiger partial charge in [-0.2, -0.15) is 0 Å². The average Bonchev–Trinajstić information content (AvgIpc) is 2.23. The van der Waals surface area contributed by atoms with Crippen LogP contribution in [-0.2, 0) is 0 Å². The van der Waals surface area contributed by atoms with Crippen molar-refractivity contribution >= 4 is 0 Å². The van der Waals surface area contributed by atoms with E-state index in [1.54, 1.807) is 25.7 Å². The molecule has 0 N–H and O–H groups in total. The molecular formula is C14H30. The summed E-state index contributed by atoms with van der Waals surface area (Å²) < 4.78 is 0. The highest BCUT2D eigenvalue weighted by atomic mass is 14.4. The van der Waals surface area contributed by atoms with E-state index >= 15 is 0 Å². The van der Waals surface area contributed by atoms with Crippen LogP contribution in [-0.4, -0.2) is 0 Å². The van der Waals surface area contributed by atoms with Crippen molar-refractivity contribution in [2.75, 3.05) is 0 Å². The van der Waals surface area contributed by atoms with Gasteiger partial charge < -0.3 is 0 Å². The summed E-state index contributed by atoms with van der Waals surface area (Å²) in [5, 5.41) is 0. The summed E-state index contributed by atoms with van der Waals surface area (Å²) in [6.07, 6.45) is 10.8. The molecule has 2 aliphatic carbocycles. The fourth-order valence-corrected chi connectivity index (χ4v) is 2.55. The summed E-state index contributed by atoms with van der Waals surface area (Å²) in [5.74, 6) is 1.03. The molecule has 0 unspecified atom stereocenters. The molecule has 2 aliphatic rings. The van der Waals surface area contributed by atoms with E-state index in [9.17, 15) is 0 Å². The summed E-state index contributed by atoms with van der Waals surface area (Å²) in [7, 11) is 0. The number of rotatable bonds is 0. The molecule has 0 saturated heterocycles. The zero-order chi connectivity index (χ0) is 11.0. The second-order valence-electron chi connectivity index (χ2n) is 4.54. The van der Waals surface area contributed by atoms with Gasteiger partial charge >= 0.3 is 0 Å². The van der Waals surface area contributed by atoms with Crippen LogP contribution in [0.3, 0.4) is 0 Å². The Balaban J connectivity index is 0.000000379. The molecule has 0 aromatic heterocycles. The Hall–Kier alpha value is 0. The smallest absolute Gasteiger partial charge is 0.0297 e. The van der Waals surface area contributed by atoms with Gasteiger partial charge in [0.2, 0.25) is 0 Å². The summed E-state index contributed by atoms with van der Waals surface area (Å²) in [4.78, 5) is 0. The zero-order valence-corrected chi connectivity index (χ0v) is 11.0. The van der Waals surface area contributed by atoms with Crippen LogP contribution in [0.25, 0.3) is 0 Å². The van der Waals surface area contributed by atoms with Crippen LogP contribution in [0.5, 0.6) is 0 Å². The van der Waals surface area contributed by atoms with Crippen molar-refractivity contribution in [2.45, 2.75) is 79.6 Å².